The number of hydrogen-bond donors (Lipinski definition) is 0. The van der Waals surface area contributed by atoms with Gasteiger partial charge in [-0.1, -0.05) is 91.0 Å². The number of nitrogens with zero attached hydrogens (tertiary/aromatic N) is 1. The van der Waals surface area contributed by atoms with E-state index in [4.69, 9.17) is 28.4 Å². The molecule has 44 heavy (non-hydrogen) atoms. The average molecular weight is 594 g/mol. The summed E-state index contributed by atoms with van der Waals surface area (Å²) < 4.78 is 39.7. The molecule has 0 radical (unpaired) electrons. The van der Waals surface area contributed by atoms with Gasteiger partial charge in [0.25, 0.3) is 0 Å². The minimum Gasteiger partial charge on any atom is -0.493 e. The Bertz CT molecular complexity index is 1590. The van der Waals surface area contributed by atoms with Gasteiger partial charge < -0.3 is 33.0 Å². The Morgan fingerprint density at radius 3 is 1.86 bits per heavy atom. The molecular formula is C37H39NO6. The molecule has 1 saturated heterocycles. The van der Waals surface area contributed by atoms with Crippen molar-refractivity contribution in [3.05, 3.63) is 132 Å². The molecule has 1 aromatic heterocycles. The Kier molecular flexibility index (Phi) is 9.90. The van der Waals surface area contributed by atoms with E-state index in [0.29, 0.717) is 44.3 Å². The first-order chi connectivity index (χ1) is 21.7. The van der Waals surface area contributed by atoms with E-state index in [0.717, 1.165) is 27.6 Å². The molecule has 228 valence electrons. The third-order valence-corrected chi connectivity index (χ3v) is 8.02. The quantitative estimate of drug-likeness (QED) is 0.142. The summed E-state index contributed by atoms with van der Waals surface area (Å²) in [6.45, 7) is 1.75. The number of aromatic nitrogens is 1. The fourth-order valence-electron chi connectivity index (χ4n) is 5.74. The Labute approximate surface area is 258 Å². The predicted octanol–water partition coefficient (Wildman–Crippen LogP) is 7.33. The van der Waals surface area contributed by atoms with Crippen LogP contribution in [0.25, 0.3) is 10.9 Å². The van der Waals surface area contributed by atoms with Crippen LogP contribution in [0.1, 0.15) is 29.3 Å². The lowest BCUT2D eigenvalue weighted by Crippen LogP contribution is -2.51. The van der Waals surface area contributed by atoms with Gasteiger partial charge in [0.05, 0.1) is 52.3 Å². The Balaban J connectivity index is 1.30. The van der Waals surface area contributed by atoms with Gasteiger partial charge in [-0.15, -0.1) is 0 Å². The monoisotopic (exact) mass is 593 g/mol. The molecule has 0 saturated carbocycles. The summed E-state index contributed by atoms with van der Waals surface area (Å²) in [7, 11) is 3.30. The topological polar surface area (TPSA) is 60.3 Å². The first kappa shape index (κ1) is 29.9. The maximum absolute atomic E-state index is 6.85. The lowest BCUT2D eigenvalue weighted by molar-refractivity contribution is -0.235. The van der Waals surface area contributed by atoms with Crippen LogP contribution < -0.4 is 9.47 Å². The highest BCUT2D eigenvalue weighted by Gasteiger charge is 2.41. The number of ether oxygens (including phenoxy) is 6. The van der Waals surface area contributed by atoms with E-state index in [2.05, 4.69) is 53.2 Å². The van der Waals surface area contributed by atoms with Crippen LogP contribution in [-0.4, -0.2) is 43.7 Å². The van der Waals surface area contributed by atoms with Gasteiger partial charge in [-0.2, -0.15) is 0 Å². The molecule has 7 nitrogen and oxygen atoms in total. The highest BCUT2D eigenvalue weighted by atomic mass is 16.6. The molecule has 1 aliphatic rings. The molecular weight excluding hydrogens is 554 g/mol. The van der Waals surface area contributed by atoms with Crippen LogP contribution in [0, 0.1) is 0 Å². The summed E-state index contributed by atoms with van der Waals surface area (Å²) in [6, 6.07) is 36.7. The van der Waals surface area contributed by atoms with Crippen molar-refractivity contribution < 1.29 is 28.4 Å². The van der Waals surface area contributed by atoms with Crippen LogP contribution in [0.4, 0.5) is 0 Å². The first-order valence-corrected chi connectivity index (χ1v) is 15.0. The molecule has 0 unspecified atom stereocenters. The number of benzene rings is 4. The second kappa shape index (κ2) is 14.6. The summed E-state index contributed by atoms with van der Waals surface area (Å²) in [5.74, 6) is 1.35. The van der Waals surface area contributed by atoms with Gasteiger partial charge in [-0.25, -0.2) is 0 Å². The molecule has 4 aromatic carbocycles. The van der Waals surface area contributed by atoms with Crippen LogP contribution >= 0.6 is 0 Å². The van der Waals surface area contributed by atoms with E-state index >= 15 is 0 Å². The molecule has 5 aromatic rings. The van der Waals surface area contributed by atoms with Gasteiger partial charge in [0.15, 0.2) is 11.5 Å². The van der Waals surface area contributed by atoms with E-state index in [-0.39, 0.29) is 24.5 Å². The summed E-state index contributed by atoms with van der Waals surface area (Å²) >= 11 is 0. The molecule has 6 rings (SSSR count). The molecule has 0 amide bonds. The zero-order valence-electron chi connectivity index (χ0n) is 25.2. The summed E-state index contributed by atoms with van der Waals surface area (Å²) in [6.07, 6.45) is 1.37. The fourth-order valence-corrected chi connectivity index (χ4v) is 5.74. The molecule has 2 heterocycles. The van der Waals surface area contributed by atoms with Crippen molar-refractivity contribution in [2.24, 2.45) is 0 Å². The SMILES string of the molecule is COc1cc2ccn([C@@H]3C[C@@H](OCc4ccccc4)[C@H](OCc4ccccc4)[C@@H](COCc4ccccc4)O3)c2cc1OC. The zero-order chi connectivity index (χ0) is 30.1. The van der Waals surface area contributed by atoms with Gasteiger partial charge in [-0.3, -0.25) is 0 Å². The fraction of sp³-hybridized carbons (Fsp3) is 0.297. The summed E-state index contributed by atoms with van der Waals surface area (Å²) in [5, 5.41) is 1.03. The van der Waals surface area contributed by atoms with E-state index < -0.39 is 0 Å². The molecule has 0 aliphatic carbocycles. The smallest absolute Gasteiger partial charge is 0.162 e. The molecule has 1 fully saturated rings. The van der Waals surface area contributed by atoms with E-state index in [1.54, 1.807) is 14.2 Å². The van der Waals surface area contributed by atoms with Crippen LogP contribution in [0.3, 0.4) is 0 Å². The maximum atomic E-state index is 6.85. The van der Waals surface area contributed by atoms with Crippen LogP contribution in [0.5, 0.6) is 11.5 Å². The van der Waals surface area contributed by atoms with Crippen molar-refractivity contribution in [2.75, 3.05) is 20.8 Å². The number of fused-ring (bicyclic) bond motifs is 1. The van der Waals surface area contributed by atoms with E-state index in [1.807, 2.05) is 66.7 Å². The average Bonchev–Trinajstić information content (AvgIpc) is 3.50. The zero-order valence-corrected chi connectivity index (χ0v) is 25.2. The molecule has 0 spiro atoms. The van der Waals surface area contributed by atoms with Crippen molar-refractivity contribution in [2.45, 2.75) is 50.8 Å². The lowest BCUT2D eigenvalue weighted by Gasteiger charge is -2.42. The van der Waals surface area contributed by atoms with E-state index in [1.165, 1.54) is 0 Å². The Hall–Kier alpha value is -4.14. The number of rotatable bonds is 13. The van der Waals surface area contributed by atoms with Crippen LogP contribution in [0.2, 0.25) is 0 Å². The van der Waals surface area contributed by atoms with Crippen molar-refractivity contribution in [3.8, 4) is 11.5 Å². The maximum Gasteiger partial charge on any atom is 0.162 e. The van der Waals surface area contributed by atoms with Gasteiger partial charge in [0, 0.05) is 24.1 Å². The van der Waals surface area contributed by atoms with Crippen LogP contribution in [0.15, 0.2) is 115 Å². The molecule has 1 aliphatic heterocycles. The molecule has 0 N–H and O–H groups in total. The van der Waals surface area contributed by atoms with Gasteiger partial charge in [0.2, 0.25) is 0 Å². The van der Waals surface area contributed by atoms with E-state index in [9.17, 15) is 0 Å². The van der Waals surface area contributed by atoms with Crippen molar-refractivity contribution in [1.29, 1.82) is 0 Å². The van der Waals surface area contributed by atoms with Crippen LogP contribution in [-0.2, 0) is 38.8 Å². The van der Waals surface area contributed by atoms with Crippen molar-refractivity contribution in [1.82, 2.24) is 4.57 Å². The molecule has 4 atom stereocenters. The molecule has 0 bridgehead atoms. The van der Waals surface area contributed by atoms with Gasteiger partial charge in [0.1, 0.15) is 18.4 Å². The highest BCUT2D eigenvalue weighted by Crippen LogP contribution is 2.38. The molecule has 7 heteroatoms. The Morgan fingerprint density at radius 1 is 0.682 bits per heavy atom. The van der Waals surface area contributed by atoms with Crippen molar-refractivity contribution in [3.63, 3.8) is 0 Å². The highest BCUT2D eigenvalue weighted by molar-refractivity contribution is 5.84. The normalized spacial score (nSPS) is 20.0. The number of methoxy groups -OCH3 is 2. The third-order valence-electron chi connectivity index (χ3n) is 8.02. The minimum absolute atomic E-state index is 0.249. The van der Waals surface area contributed by atoms with Crippen molar-refractivity contribution >= 4 is 10.9 Å². The predicted molar refractivity (Wildman–Crippen MR) is 170 cm³/mol. The third kappa shape index (κ3) is 7.14. The first-order valence-electron chi connectivity index (χ1n) is 15.0. The standard InChI is InChI=1S/C37H39NO6/c1-39-32-20-30-18-19-38(31(30)21-33(32)40-2)36-22-34(42-24-28-14-8-4-9-15-28)37(43-25-29-16-10-5-11-17-29)35(44-36)26-41-23-27-12-6-3-7-13-27/h3-21,34-37H,22-26H2,1-2H3/t34-,35-,36+,37+/m1/s1. The summed E-state index contributed by atoms with van der Waals surface area (Å²) in [5.41, 5.74) is 4.30. The summed E-state index contributed by atoms with van der Waals surface area (Å²) in [4.78, 5) is 0. The van der Waals surface area contributed by atoms with Gasteiger partial charge in [-0.05, 0) is 28.8 Å². The second-order valence-corrected chi connectivity index (χ2v) is 11.0. The number of hydrogen-bond acceptors (Lipinski definition) is 6. The minimum atomic E-state index is -0.375. The lowest BCUT2D eigenvalue weighted by atomic mass is 9.99. The Morgan fingerprint density at radius 2 is 1.25 bits per heavy atom. The van der Waals surface area contributed by atoms with Gasteiger partial charge >= 0.3 is 0 Å². The largest absolute Gasteiger partial charge is 0.493 e. The second-order valence-electron chi connectivity index (χ2n) is 11.0.